The van der Waals surface area contributed by atoms with Crippen LogP contribution in [0, 0.1) is 0 Å². The van der Waals surface area contributed by atoms with E-state index in [1.807, 2.05) is 0 Å². The van der Waals surface area contributed by atoms with Gasteiger partial charge in [-0.3, -0.25) is 14.4 Å². The summed E-state index contributed by atoms with van der Waals surface area (Å²) in [6, 6.07) is 13.8. The molecule has 2 aromatic carbocycles. The van der Waals surface area contributed by atoms with Gasteiger partial charge >= 0.3 is 0 Å². The van der Waals surface area contributed by atoms with E-state index in [0.717, 1.165) is 10.4 Å². The van der Waals surface area contributed by atoms with Crippen LogP contribution in [0.25, 0.3) is 10.8 Å². The smallest absolute Gasteiger partial charge is 0.276 e. The van der Waals surface area contributed by atoms with Crippen LogP contribution < -0.4 is 15.8 Å². The minimum absolute atomic E-state index is 0.0809. The number of hydrogen-bond donors (Lipinski definition) is 1. The number of hydrogen-bond acceptors (Lipinski definition) is 4. The van der Waals surface area contributed by atoms with Crippen LogP contribution in [0.3, 0.4) is 0 Å². The molecular formula is C19H18N4O3. The van der Waals surface area contributed by atoms with E-state index >= 15 is 0 Å². The normalized spacial score (nSPS) is 10.6. The third kappa shape index (κ3) is 3.19. The largest absolute Gasteiger partial charge is 0.321 e. The number of rotatable bonds is 3. The van der Waals surface area contributed by atoms with Crippen molar-refractivity contribution in [3.8, 4) is 0 Å². The topological polar surface area (TPSA) is 84.3 Å². The van der Waals surface area contributed by atoms with Gasteiger partial charge in [0, 0.05) is 37.8 Å². The van der Waals surface area contributed by atoms with Gasteiger partial charge in [-0.1, -0.05) is 18.2 Å². The molecule has 1 heterocycles. The molecule has 0 aliphatic rings. The Bertz CT molecular complexity index is 1050. The molecule has 0 atom stereocenters. The average molecular weight is 350 g/mol. The van der Waals surface area contributed by atoms with Crippen LogP contribution in [0.4, 0.5) is 11.4 Å². The van der Waals surface area contributed by atoms with Crippen LogP contribution in [-0.4, -0.2) is 28.6 Å². The van der Waals surface area contributed by atoms with E-state index in [4.69, 9.17) is 0 Å². The van der Waals surface area contributed by atoms with Crippen LogP contribution in [0.15, 0.2) is 53.3 Å². The number of carbonyl (C=O) groups excluding carboxylic acids is 2. The van der Waals surface area contributed by atoms with Gasteiger partial charge < -0.3 is 10.2 Å². The van der Waals surface area contributed by atoms with Crippen molar-refractivity contribution in [2.45, 2.75) is 6.92 Å². The molecule has 132 valence electrons. The first-order valence-electron chi connectivity index (χ1n) is 8.00. The van der Waals surface area contributed by atoms with Crippen LogP contribution in [0.1, 0.15) is 17.4 Å². The van der Waals surface area contributed by atoms with Crippen molar-refractivity contribution in [3.05, 3.63) is 64.6 Å². The molecule has 2 amide bonds. The van der Waals surface area contributed by atoms with Crippen molar-refractivity contribution in [2.24, 2.45) is 7.05 Å². The van der Waals surface area contributed by atoms with E-state index in [0.29, 0.717) is 16.5 Å². The molecule has 3 rings (SSSR count). The minimum Gasteiger partial charge on any atom is -0.321 e. The van der Waals surface area contributed by atoms with Crippen LogP contribution in [0.5, 0.6) is 0 Å². The van der Waals surface area contributed by atoms with Gasteiger partial charge in [0.2, 0.25) is 5.91 Å². The second-order valence-corrected chi connectivity index (χ2v) is 5.90. The fourth-order valence-corrected chi connectivity index (χ4v) is 2.61. The summed E-state index contributed by atoms with van der Waals surface area (Å²) in [6.45, 7) is 1.48. The molecule has 0 radical (unpaired) electrons. The molecule has 0 fully saturated rings. The third-order valence-corrected chi connectivity index (χ3v) is 4.16. The fraction of sp³-hybridized carbons (Fsp3) is 0.158. The SMILES string of the molecule is CC(=O)N(C)c1ccc(NC(=O)c2nn(C)c(=O)c3ccccc23)cc1. The zero-order valence-corrected chi connectivity index (χ0v) is 14.7. The summed E-state index contributed by atoms with van der Waals surface area (Å²) in [5, 5.41) is 7.82. The van der Waals surface area contributed by atoms with Crippen molar-refractivity contribution in [2.75, 3.05) is 17.3 Å². The van der Waals surface area contributed by atoms with Crippen LogP contribution >= 0.6 is 0 Å². The molecule has 1 N–H and O–H groups in total. The second kappa shape index (κ2) is 6.79. The molecular weight excluding hydrogens is 332 g/mol. The van der Waals surface area contributed by atoms with Crippen molar-refractivity contribution >= 4 is 34.0 Å². The number of anilines is 2. The maximum atomic E-state index is 12.7. The van der Waals surface area contributed by atoms with Crippen molar-refractivity contribution in [1.82, 2.24) is 9.78 Å². The van der Waals surface area contributed by atoms with Gasteiger partial charge in [0.25, 0.3) is 11.5 Å². The number of aryl methyl sites for hydroxylation is 1. The van der Waals surface area contributed by atoms with Crippen LogP contribution in [0.2, 0.25) is 0 Å². The highest BCUT2D eigenvalue weighted by atomic mass is 16.2. The molecule has 0 aliphatic heterocycles. The lowest BCUT2D eigenvalue weighted by Gasteiger charge is -2.15. The average Bonchev–Trinajstić information content (AvgIpc) is 2.64. The minimum atomic E-state index is -0.413. The number of nitrogens with one attached hydrogen (secondary N) is 1. The summed E-state index contributed by atoms with van der Waals surface area (Å²) in [6.07, 6.45) is 0. The Morgan fingerprint density at radius 2 is 1.65 bits per heavy atom. The quantitative estimate of drug-likeness (QED) is 0.785. The maximum Gasteiger partial charge on any atom is 0.276 e. The Labute approximate surface area is 149 Å². The standard InChI is InChI=1S/C19H18N4O3/c1-12(24)22(2)14-10-8-13(9-11-14)20-18(25)17-15-6-4-5-7-16(15)19(26)23(3)21-17/h4-11H,1-3H3,(H,20,25). The molecule has 0 unspecified atom stereocenters. The monoisotopic (exact) mass is 350 g/mol. The Morgan fingerprint density at radius 3 is 2.27 bits per heavy atom. The first kappa shape index (κ1) is 17.3. The zero-order chi connectivity index (χ0) is 18.8. The summed E-state index contributed by atoms with van der Waals surface area (Å²) in [5.74, 6) is -0.493. The lowest BCUT2D eigenvalue weighted by Crippen LogP contribution is -2.25. The van der Waals surface area contributed by atoms with Crippen LogP contribution in [-0.2, 0) is 11.8 Å². The number of amides is 2. The third-order valence-electron chi connectivity index (χ3n) is 4.16. The molecule has 0 bridgehead atoms. The number of nitrogens with zero attached hydrogens (tertiary/aromatic N) is 3. The first-order chi connectivity index (χ1) is 12.4. The van der Waals surface area contributed by atoms with E-state index < -0.39 is 5.91 Å². The highest BCUT2D eigenvalue weighted by Gasteiger charge is 2.16. The maximum absolute atomic E-state index is 12.7. The van der Waals surface area contributed by atoms with Gasteiger partial charge in [-0.2, -0.15) is 5.10 Å². The van der Waals surface area contributed by atoms with Gasteiger partial charge in [0.1, 0.15) is 0 Å². The lowest BCUT2D eigenvalue weighted by atomic mass is 10.1. The Balaban J connectivity index is 1.92. The Morgan fingerprint density at radius 1 is 1.04 bits per heavy atom. The molecule has 3 aromatic rings. The van der Waals surface area contributed by atoms with E-state index in [1.54, 1.807) is 55.6 Å². The Kier molecular flexibility index (Phi) is 4.53. The molecule has 7 nitrogen and oxygen atoms in total. The number of carbonyl (C=O) groups is 2. The predicted octanol–water partition coefficient (Wildman–Crippen LogP) is 2.17. The summed E-state index contributed by atoms with van der Waals surface area (Å²) in [5.41, 5.74) is 1.21. The first-order valence-corrected chi connectivity index (χ1v) is 8.00. The predicted molar refractivity (Wildman–Crippen MR) is 100 cm³/mol. The summed E-state index contributed by atoms with van der Waals surface area (Å²) in [4.78, 5) is 37.7. The molecule has 0 saturated heterocycles. The van der Waals surface area contributed by atoms with Gasteiger partial charge in [-0.15, -0.1) is 0 Å². The van der Waals surface area contributed by atoms with Gasteiger partial charge in [-0.05, 0) is 30.3 Å². The lowest BCUT2D eigenvalue weighted by molar-refractivity contribution is -0.116. The number of fused-ring (bicyclic) bond motifs is 1. The zero-order valence-electron chi connectivity index (χ0n) is 14.7. The van der Waals surface area contributed by atoms with Crippen molar-refractivity contribution < 1.29 is 9.59 Å². The van der Waals surface area contributed by atoms with E-state index in [-0.39, 0.29) is 17.2 Å². The van der Waals surface area contributed by atoms with E-state index in [9.17, 15) is 14.4 Å². The molecule has 7 heteroatoms. The van der Waals surface area contributed by atoms with Gasteiger partial charge in [0.05, 0.1) is 5.39 Å². The summed E-state index contributed by atoms with van der Waals surface area (Å²) >= 11 is 0. The number of benzene rings is 2. The molecule has 1 aromatic heterocycles. The van der Waals surface area contributed by atoms with E-state index in [1.165, 1.54) is 18.9 Å². The number of aromatic nitrogens is 2. The van der Waals surface area contributed by atoms with Gasteiger partial charge in [0.15, 0.2) is 5.69 Å². The second-order valence-electron chi connectivity index (χ2n) is 5.90. The Hall–Kier alpha value is -3.48. The molecule has 0 saturated carbocycles. The van der Waals surface area contributed by atoms with Gasteiger partial charge in [-0.25, -0.2) is 4.68 Å². The molecule has 26 heavy (non-hydrogen) atoms. The summed E-state index contributed by atoms with van der Waals surface area (Å²) < 4.78 is 1.15. The van der Waals surface area contributed by atoms with Crippen molar-refractivity contribution in [3.63, 3.8) is 0 Å². The molecule has 0 aliphatic carbocycles. The highest BCUT2D eigenvalue weighted by molar-refractivity contribution is 6.11. The van der Waals surface area contributed by atoms with E-state index in [2.05, 4.69) is 10.4 Å². The summed E-state index contributed by atoms with van der Waals surface area (Å²) in [7, 11) is 3.19. The van der Waals surface area contributed by atoms with Crippen molar-refractivity contribution in [1.29, 1.82) is 0 Å². The molecule has 0 spiro atoms. The fourth-order valence-electron chi connectivity index (χ4n) is 2.61. The highest BCUT2D eigenvalue weighted by Crippen LogP contribution is 2.19.